The molecule has 14 heavy (non-hydrogen) atoms. The Morgan fingerprint density at radius 2 is 1.93 bits per heavy atom. The topological polar surface area (TPSA) is 46.2 Å². The third-order valence-corrected chi connectivity index (χ3v) is 3.22. The van der Waals surface area contributed by atoms with Gasteiger partial charge in [0.15, 0.2) is 0 Å². The molecule has 0 aliphatic heterocycles. The fourth-order valence-corrected chi connectivity index (χ4v) is 2.26. The number of aliphatic hydroxyl groups excluding tert-OH is 1. The third-order valence-electron chi connectivity index (χ3n) is 3.22. The van der Waals surface area contributed by atoms with Gasteiger partial charge in [-0.3, -0.25) is 0 Å². The van der Waals surface area contributed by atoms with Crippen molar-refractivity contribution < 1.29 is 5.11 Å². The molecular formula is C12H17NO. The number of aliphatic hydroxyl groups is 1. The van der Waals surface area contributed by atoms with E-state index in [-0.39, 0.29) is 0 Å². The summed E-state index contributed by atoms with van der Waals surface area (Å²) in [5.74, 6) is 0. The van der Waals surface area contributed by atoms with Crippen molar-refractivity contribution in [2.45, 2.75) is 37.3 Å². The van der Waals surface area contributed by atoms with Crippen LogP contribution in [0.1, 0.15) is 31.2 Å². The minimum atomic E-state index is -0.514. The molecule has 0 amide bonds. The molecule has 1 fully saturated rings. The zero-order chi connectivity index (χ0) is 10.0. The first-order valence-electron chi connectivity index (χ1n) is 5.26. The minimum Gasteiger partial charge on any atom is -0.391 e. The molecule has 2 rings (SSSR count). The Morgan fingerprint density at radius 1 is 1.21 bits per heavy atom. The predicted octanol–water partition coefficient (Wildman–Crippen LogP) is 1.78. The molecule has 2 atom stereocenters. The van der Waals surface area contributed by atoms with E-state index in [9.17, 15) is 5.11 Å². The van der Waals surface area contributed by atoms with Gasteiger partial charge in [0.2, 0.25) is 0 Å². The van der Waals surface area contributed by atoms with Crippen LogP contribution in [0.25, 0.3) is 0 Å². The fraction of sp³-hybridized carbons (Fsp3) is 0.500. The second kappa shape index (κ2) is 3.71. The highest BCUT2D eigenvalue weighted by atomic mass is 16.3. The van der Waals surface area contributed by atoms with Crippen LogP contribution in [0.2, 0.25) is 0 Å². The average Bonchev–Trinajstić information content (AvgIpc) is 2.24. The lowest BCUT2D eigenvalue weighted by Gasteiger charge is -2.38. The largest absolute Gasteiger partial charge is 0.391 e. The van der Waals surface area contributed by atoms with Gasteiger partial charge in [-0.15, -0.1) is 0 Å². The molecule has 1 aromatic rings. The van der Waals surface area contributed by atoms with E-state index in [0.717, 1.165) is 31.2 Å². The summed E-state index contributed by atoms with van der Waals surface area (Å²) in [5, 5.41) is 9.96. The highest BCUT2D eigenvalue weighted by Gasteiger charge is 2.37. The van der Waals surface area contributed by atoms with E-state index in [0.29, 0.717) is 0 Å². The lowest BCUT2D eigenvalue weighted by molar-refractivity contribution is 0.0450. The van der Waals surface area contributed by atoms with Crippen molar-refractivity contribution in [3.63, 3.8) is 0 Å². The maximum Gasteiger partial charge on any atom is 0.0761 e. The number of rotatable bonds is 1. The molecule has 0 saturated heterocycles. The van der Waals surface area contributed by atoms with E-state index < -0.39 is 11.6 Å². The van der Waals surface area contributed by atoms with Crippen LogP contribution in [0.4, 0.5) is 0 Å². The zero-order valence-electron chi connectivity index (χ0n) is 8.32. The van der Waals surface area contributed by atoms with Gasteiger partial charge < -0.3 is 10.8 Å². The molecule has 0 heterocycles. The Kier molecular flexibility index (Phi) is 2.57. The summed E-state index contributed by atoms with van der Waals surface area (Å²) in [6.45, 7) is 0. The second-order valence-electron chi connectivity index (χ2n) is 4.17. The fourth-order valence-electron chi connectivity index (χ4n) is 2.26. The van der Waals surface area contributed by atoms with Gasteiger partial charge in [-0.05, 0) is 18.4 Å². The van der Waals surface area contributed by atoms with Gasteiger partial charge in [-0.25, -0.2) is 0 Å². The van der Waals surface area contributed by atoms with Gasteiger partial charge in [0.1, 0.15) is 0 Å². The van der Waals surface area contributed by atoms with Crippen LogP contribution in [0.5, 0.6) is 0 Å². The van der Waals surface area contributed by atoms with Crippen molar-refractivity contribution >= 4 is 0 Å². The second-order valence-corrected chi connectivity index (χ2v) is 4.17. The Balaban J connectivity index is 2.30. The number of benzene rings is 1. The lowest BCUT2D eigenvalue weighted by Crippen LogP contribution is -2.49. The Bertz CT molecular complexity index is 298. The van der Waals surface area contributed by atoms with Crippen molar-refractivity contribution in [1.29, 1.82) is 0 Å². The van der Waals surface area contributed by atoms with Gasteiger partial charge >= 0.3 is 0 Å². The average molecular weight is 191 g/mol. The molecule has 1 aliphatic rings. The molecule has 1 aromatic carbocycles. The zero-order valence-corrected chi connectivity index (χ0v) is 8.32. The molecular weight excluding hydrogens is 174 g/mol. The summed E-state index contributed by atoms with van der Waals surface area (Å²) in [6, 6.07) is 9.95. The summed E-state index contributed by atoms with van der Waals surface area (Å²) in [5.41, 5.74) is 6.82. The van der Waals surface area contributed by atoms with E-state index in [4.69, 9.17) is 5.73 Å². The minimum absolute atomic E-state index is 0.390. The van der Waals surface area contributed by atoms with E-state index in [1.54, 1.807) is 0 Å². The van der Waals surface area contributed by atoms with E-state index in [2.05, 4.69) is 0 Å². The molecule has 2 heteroatoms. The Hall–Kier alpha value is -0.860. The first-order valence-corrected chi connectivity index (χ1v) is 5.26. The highest BCUT2D eigenvalue weighted by Crippen LogP contribution is 2.34. The van der Waals surface area contributed by atoms with E-state index in [1.807, 2.05) is 30.3 Å². The monoisotopic (exact) mass is 191 g/mol. The maximum absolute atomic E-state index is 9.96. The van der Waals surface area contributed by atoms with Crippen LogP contribution in [0, 0.1) is 0 Å². The van der Waals surface area contributed by atoms with Crippen LogP contribution in [-0.4, -0.2) is 11.2 Å². The van der Waals surface area contributed by atoms with Gasteiger partial charge in [-0.1, -0.05) is 43.2 Å². The van der Waals surface area contributed by atoms with Crippen LogP contribution >= 0.6 is 0 Å². The molecule has 0 bridgehead atoms. The van der Waals surface area contributed by atoms with Crippen LogP contribution in [-0.2, 0) is 5.54 Å². The molecule has 76 valence electrons. The van der Waals surface area contributed by atoms with Crippen molar-refractivity contribution in [3.05, 3.63) is 35.9 Å². The molecule has 0 spiro atoms. The van der Waals surface area contributed by atoms with Gasteiger partial charge in [0.25, 0.3) is 0 Å². The highest BCUT2D eigenvalue weighted by molar-refractivity contribution is 5.26. The third kappa shape index (κ3) is 1.56. The van der Waals surface area contributed by atoms with Gasteiger partial charge in [-0.2, -0.15) is 0 Å². The standard InChI is InChI=1S/C12H17NO/c13-12(9-5-4-8-11(12)14)10-6-2-1-3-7-10/h1-3,6-7,11,14H,4-5,8-9,13H2/t11-,12-/m0/s1. The number of nitrogens with two attached hydrogens (primary N) is 1. The Labute approximate surface area is 84.7 Å². The molecule has 0 radical (unpaired) electrons. The molecule has 1 saturated carbocycles. The van der Waals surface area contributed by atoms with Crippen LogP contribution in [0.3, 0.4) is 0 Å². The number of hydrogen-bond donors (Lipinski definition) is 2. The SMILES string of the molecule is N[C@]1(c2ccccc2)CCCC[C@@H]1O. The van der Waals surface area contributed by atoms with E-state index in [1.165, 1.54) is 0 Å². The van der Waals surface area contributed by atoms with Crippen molar-refractivity contribution in [2.75, 3.05) is 0 Å². The molecule has 3 N–H and O–H groups in total. The normalized spacial score (nSPS) is 32.9. The van der Waals surface area contributed by atoms with Crippen molar-refractivity contribution in [3.8, 4) is 0 Å². The predicted molar refractivity (Wildman–Crippen MR) is 56.8 cm³/mol. The van der Waals surface area contributed by atoms with Crippen LogP contribution in [0.15, 0.2) is 30.3 Å². The molecule has 0 aromatic heterocycles. The van der Waals surface area contributed by atoms with E-state index >= 15 is 0 Å². The first kappa shape index (κ1) is 9.69. The smallest absolute Gasteiger partial charge is 0.0761 e. The van der Waals surface area contributed by atoms with Crippen LogP contribution < -0.4 is 5.73 Å². The quantitative estimate of drug-likeness (QED) is 0.710. The summed E-state index contributed by atoms with van der Waals surface area (Å²) < 4.78 is 0. The van der Waals surface area contributed by atoms with Gasteiger partial charge in [0, 0.05) is 0 Å². The lowest BCUT2D eigenvalue weighted by atomic mass is 9.75. The van der Waals surface area contributed by atoms with Crippen molar-refractivity contribution in [2.24, 2.45) is 5.73 Å². The summed E-state index contributed by atoms with van der Waals surface area (Å²) in [7, 11) is 0. The first-order chi connectivity index (χ1) is 6.73. The van der Waals surface area contributed by atoms with Gasteiger partial charge in [0.05, 0.1) is 11.6 Å². The van der Waals surface area contributed by atoms with Crippen molar-refractivity contribution in [1.82, 2.24) is 0 Å². The Morgan fingerprint density at radius 3 is 2.57 bits per heavy atom. The number of hydrogen-bond acceptors (Lipinski definition) is 2. The maximum atomic E-state index is 9.96. The summed E-state index contributed by atoms with van der Waals surface area (Å²) in [6.07, 6.45) is 3.53. The summed E-state index contributed by atoms with van der Waals surface area (Å²) >= 11 is 0. The molecule has 0 unspecified atom stereocenters. The molecule has 2 nitrogen and oxygen atoms in total. The molecule has 1 aliphatic carbocycles. The summed E-state index contributed by atoms with van der Waals surface area (Å²) in [4.78, 5) is 0.